The molecule has 7 heteroatoms. The number of halogens is 3. The second kappa shape index (κ2) is 11.4. The van der Waals surface area contributed by atoms with Gasteiger partial charge >= 0.3 is 0 Å². The third-order valence-corrected chi connectivity index (χ3v) is 6.95. The first kappa shape index (κ1) is 21.8. The van der Waals surface area contributed by atoms with E-state index in [-0.39, 0.29) is 11.2 Å². The zero-order valence-corrected chi connectivity index (χ0v) is 18.2. The van der Waals surface area contributed by atoms with Crippen LogP contribution in [0.3, 0.4) is 0 Å². The highest BCUT2D eigenvalue weighted by molar-refractivity contribution is 8.00. The lowest BCUT2D eigenvalue weighted by Gasteiger charge is -2.14. The maximum atomic E-state index is 12.4. The number of hydrogen-bond donors (Lipinski definition) is 1. The highest BCUT2D eigenvalue weighted by atomic mass is 35.5. The van der Waals surface area contributed by atoms with Gasteiger partial charge in [-0.15, -0.1) is 11.8 Å². The number of rotatable bonds is 9. The largest absolute Gasteiger partial charge is 0.354 e. The number of carbonyl (C=O) groups is 1. The monoisotopic (exact) mass is 447 g/mol. The molecule has 0 aliphatic carbocycles. The fourth-order valence-corrected chi connectivity index (χ4v) is 4.41. The molecule has 0 unspecified atom stereocenters. The van der Waals surface area contributed by atoms with Crippen LogP contribution in [0.4, 0.5) is 0 Å². The van der Waals surface area contributed by atoms with Gasteiger partial charge in [0, 0.05) is 28.0 Å². The molecule has 26 heavy (non-hydrogen) atoms. The third-order valence-electron chi connectivity index (χ3n) is 3.55. The van der Waals surface area contributed by atoms with Gasteiger partial charge in [-0.3, -0.25) is 4.79 Å². The first-order chi connectivity index (χ1) is 12.5. The fraction of sp³-hybridized carbons (Fsp3) is 0.316. The van der Waals surface area contributed by atoms with E-state index >= 15 is 0 Å². The van der Waals surface area contributed by atoms with Gasteiger partial charge in [0.1, 0.15) is 0 Å². The molecule has 0 saturated carbocycles. The molecule has 2 nitrogen and oxygen atoms in total. The van der Waals surface area contributed by atoms with Crippen LogP contribution in [0.25, 0.3) is 0 Å². The van der Waals surface area contributed by atoms with Crippen molar-refractivity contribution in [2.24, 2.45) is 0 Å². The predicted octanol–water partition coefficient (Wildman–Crippen LogP) is 6.57. The first-order valence-corrected chi connectivity index (χ1v) is 11.4. The van der Waals surface area contributed by atoms with Crippen molar-refractivity contribution in [3.63, 3.8) is 0 Å². The third kappa shape index (κ3) is 7.24. The summed E-state index contributed by atoms with van der Waals surface area (Å²) in [5, 5.41) is 4.76. The van der Waals surface area contributed by atoms with Crippen molar-refractivity contribution in [1.29, 1.82) is 0 Å². The second-order valence-electron chi connectivity index (χ2n) is 5.56. The number of carbonyl (C=O) groups excluding carboxylic acids is 1. The highest BCUT2D eigenvalue weighted by Gasteiger charge is 2.17. The summed E-state index contributed by atoms with van der Waals surface area (Å²) in [7, 11) is 0. The van der Waals surface area contributed by atoms with Gasteiger partial charge in [0.05, 0.1) is 15.3 Å². The van der Waals surface area contributed by atoms with E-state index < -0.39 is 0 Å². The second-order valence-corrected chi connectivity index (χ2v) is 9.19. The number of thioether (sulfide) groups is 2. The standard InChI is InChI=1S/C19H20Cl3NOS2/c1-2-18(26-15-6-4-14(20)5-7-15)19(24)23-9-10-25-12-13-3-8-16(21)17(22)11-13/h3-8,11,18H,2,9-10,12H2,1H3,(H,23,24)/t18-/m0/s1. The molecule has 0 aromatic heterocycles. The van der Waals surface area contributed by atoms with Gasteiger partial charge in [-0.05, 0) is 48.4 Å². The molecule has 0 fully saturated rings. The molecule has 2 rings (SSSR count). The Morgan fingerprint density at radius 2 is 1.81 bits per heavy atom. The molecule has 0 spiro atoms. The average Bonchev–Trinajstić information content (AvgIpc) is 2.63. The van der Waals surface area contributed by atoms with Crippen LogP contribution in [0.1, 0.15) is 18.9 Å². The Morgan fingerprint density at radius 3 is 2.46 bits per heavy atom. The Bertz CT molecular complexity index is 725. The van der Waals surface area contributed by atoms with Gasteiger partial charge in [-0.25, -0.2) is 0 Å². The van der Waals surface area contributed by atoms with E-state index in [0.29, 0.717) is 21.6 Å². The molecule has 0 bridgehead atoms. The lowest BCUT2D eigenvalue weighted by atomic mass is 10.2. The van der Waals surface area contributed by atoms with E-state index in [1.807, 2.05) is 43.3 Å². The van der Waals surface area contributed by atoms with E-state index in [1.54, 1.807) is 29.6 Å². The summed E-state index contributed by atoms with van der Waals surface area (Å²) >= 11 is 21.1. The van der Waals surface area contributed by atoms with Crippen LogP contribution in [0.2, 0.25) is 15.1 Å². The topological polar surface area (TPSA) is 29.1 Å². The molecule has 0 heterocycles. The smallest absolute Gasteiger partial charge is 0.233 e. The minimum Gasteiger partial charge on any atom is -0.354 e. The number of amides is 1. The van der Waals surface area contributed by atoms with Crippen LogP contribution >= 0.6 is 58.3 Å². The highest BCUT2D eigenvalue weighted by Crippen LogP contribution is 2.27. The van der Waals surface area contributed by atoms with Gasteiger partial charge < -0.3 is 5.32 Å². The summed E-state index contributed by atoms with van der Waals surface area (Å²) in [6.45, 7) is 2.66. The first-order valence-electron chi connectivity index (χ1n) is 8.21. The van der Waals surface area contributed by atoms with Gasteiger partial charge in [0.15, 0.2) is 0 Å². The summed E-state index contributed by atoms with van der Waals surface area (Å²) in [6.07, 6.45) is 0.773. The van der Waals surface area contributed by atoms with Crippen LogP contribution in [0, 0.1) is 0 Å². The van der Waals surface area contributed by atoms with Crippen molar-refractivity contribution in [2.45, 2.75) is 29.2 Å². The molecule has 0 radical (unpaired) electrons. The van der Waals surface area contributed by atoms with E-state index in [0.717, 1.165) is 28.4 Å². The van der Waals surface area contributed by atoms with Crippen molar-refractivity contribution in [3.8, 4) is 0 Å². The summed E-state index contributed by atoms with van der Waals surface area (Å²) in [5.74, 6) is 1.75. The molecule has 1 amide bonds. The molecule has 0 saturated heterocycles. The quantitative estimate of drug-likeness (QED) is 0.347. The zero-order valence-electron chi connectivity index (χ0n) is 14.3. The van der Waals surface area contributed by atoms with Crippen LogP contribution in [-0.2, 0) is 10.5 Å². The minimum atomic E-state index is -0.101. The lowest BCUT2D eigenvalue weighted by Crippen LogP contribution is -2.33. The predicted molar refractivity (Wildman–Crippen MR) is 117 cm³/mol. The fourth-order valence-electron chi connectivity index (χ4n) is 2.18. The van der Waals surface area contributed by atoms with Gasteiger partial charge in [0.25, 0.3) is 0 Å². The van der Waals surface area contributed by atoms with Gasteiger partial charge in [0.2, 0.25) is 5.91 Å². The van der Waals surface area contributed by atoms with E-state index in [4.69, 9.17) is 34.8 Å². The van der Waals surface area contributed by atoms with Crippen LogP contribution in [0.15, 0.2) is 47.4 Å². The number of nitrogens with one attached hydrogen (secondary N) is 1. The summed E-state index contributed by atoms with van der Waals surface area (Å²) in [6, 6.07) is 13.2. The Morgan fingerprint density at radius 1 is 1.08 bits per heavy atom. The van der Waals surface area contributed by atoms with Crippen molar-refractivity contribution < 1.29 is 4.79 Å². The van der Waals surface area contributed by atoms with Crippen LogP contribution in [0.5, 0.6) is 0 Å². The van der Waals surface area contributed by atoms with Crippen molar-refractivity contribution in [2.75, 3.05) is 12.3 Å². The zero-order chi connectivity index (χ0) is 18.9. The van der Waals surface area contributed by atoms with E-state index in [1.165, 1.54) is 0 Å². The molecule has 2 aromatic carbocycles. The molecule has 1 N–H and O–H groups in total. The average molecular weight is 449 g/mol. The number of benzene rings is 2. The van der Waals surface area contributed by atoms with Crippen molar-refractivity contribution in [1.82, 2.24) is 5.32 Å². The normalized spacial score (nSPS) is 12.0. The Kier molecular flexibility index (Phi) is 9.51. The van der Waals surface area contributed by atoms with E-state index in [2.05, 4.69) is 5.32 Å². The SMILES string of the molecule is CC[C@H](Sc1ccc(Cl)cc1)C(=O)NCCSCc1ccc(Cl)c(Cl)c1. The Labute approximate surface area is 178 Å². The summed E-state index contributed by atoms with van der Waals surface area (Å²) < 4.78 is 0. The summed E-state index contributed by atoms with van der Waals surface area (Å²) in [5.41, 5.74) is 1.13. The van der Waals surface area contributed by atoms with Gasteiger partial charge in [-0.1, -0.05) is 47.8 Å². The van der Waals surface area contributed by atoms with Crippen LogP contribution < -0.4 is 5.32 Å². The molecular weight excluding hydrogens is 429 g/mol. The minimum absolute atomic E-state index is 0.0718. The maximum Gasteiger partial charge on any atom is 0.233 e. The molecule has 1 atom stereocenters. The summed E-state index contributed by atoms with van der Waals surface area (Å²) in [4.78, 5) is 13.4. The molecule has 140 valence electrons. The molecule has 0 aliphatic rings. The van der Waals surface area contributed by atoms with Crippen LogP contribution in [-0.4, -0.2) is 23.5 Å². The maximum absolute atomic E-state index is 12.4. The lowest BCUT2D eigenvalue weighted by molar-refractivity contribution is -0.120. The van der Waals surface area contributed by atoms with Gasteiger partial charge in [-0.2, -0.15) is 11.8 Å². The molecule has 2 aromatic rings. The van der Waals surface area contributed by atoms with Crippen molar-refractivity contribution >= 4 is 64.2 Å². The Hall–Kier alpha value is -0.520. The molecular formula is C19H20Cl3NOS2. The van der Waals surface area contributed by atoms with Crippen molar-refractivity contribution in [3.05, 3.63) is 63.1 Å². The number of hydrogen-bond acceptors (Lipinski definition) is 3. The molecule has 0 aliphatic heterocycles. The Balaban J connectivity index is 1.70. The van der Waals surface area contributed by atoms with E-state index in [9.17, 15) is 4.79 Å².